The van der Waals surface area contributed by atoms with Crippen LogP contribution in [0.15, 0.2) is 53.0 Å². The number of amides is 1. The van der Waals surface area contributed by atoms with Crippen molar-refractivity contribution in [3.8, 4) is 0 Å². The lowest BCUT2D eigenvalue weighted by molar-refractivity contribution is 0.0953. The lowest BCUT2D eigenvalue weighted by atomic mass is 10.0. The fourth-order valence-corrected chi connectivity index (χ4v) is 3.28. The van der Waals surface area contributed by atoms with Gasteiger partial charge in [-0.2, -0.15) is 0 Å². The maximum absolute atomic E-state index is 12.1. The number of para-hydroxylation sites is 1. The van der Waals surface area contributed by atoms with E-state index >= 15 is 0 Å². The zero-order valence-corrected chi connectivity index (χ0v) is 14.7. The summed E-state index contributed by atoms with van der Waals surface area (Å²) in [5, 5.41) is 3.00. The van der Waals surface area contributed by atoms with Gasteiger partial charge in [0.15, 0.2) is 0 Å². The number of halogens is 1. The summed E-state index contributed by atoms with van der Waals surface area (Å²) in [6.07, 6.45) is 3.34. The van der Waals surface area contributed by atoms with Crippen LogP contribution in [0, 0.1) is 0 Å². The van der Waals surface area contributed by atoms with Crippen molar-refractivity contribution in [2.75, 3.05) is 24.5 Å². The number of hydrogen-bond donors (Lipinski definition) is 1. The monoisotopic (exact) mass is 372 g/mol. The predicted octanol–water partition coefficient (Wildman–Crippen LogP) is 4.02. The van der Waals surface area contributed by atoms with Gasteiger partial charge in [0.1, 0.15) is 0 Å². The number of fused-ring (bicyclic) bond motifs is 1. The number of carbonyl (C=O) groups is 1. The molecule has 0 spiro atoms. The molecule has 0 fully saturated rings. The number of hydrogen-bond acceptors (Lipinski definition) is 2. The fourth-order valence-electron chi connectivity index (χ4n) is 3.02. The first-order chi connectivity index (χ1) is 11.2. The van der Waals surface area contributed by atoms with E-state index in [0.717, 1.165) is 24.0 Å². The molecule has 0 bridgehead atoms. The van der Waals surface area contributed by atoms with Gasteiger partial charge in [0.2, 0.25) is 0 Å². The highest BCUT2D eigenvalue weighted by molar-refractivity contribution is 9.10. The van der Waals surface area contributed by atoms with Gasteiger partial charge in [-0.25, -0.2) is 0 Å². The zero-order chi connectivity index (χ0) is 16.1. The average molecular weight is 373 g/mol. The van der Waals surface area contributed by atoms with E-state index in [1.54, 1.807) is 0 Å². The third kappa shape index (κ3) is 4.14. The minimum atomic E-state index is -0.00320. The first-order valence-electron chi connectivity index (χ1n) is 8.10. The molecular formula is C19H21BrN2O. The standard InChI is InChI=1S/C19H21BrN2O/c20-17-10-8-16(9-11-17)19(23)21-12-4-14-22-13-3-6-15-5-1-2-7-18(15)22/h1-2,5,7-11H,3-4,6,12-14H2,(H,21,23). The van der Waals surface area contributed by atoms with E-state index in [1.165, 1.54) is 24.1 Å². The summed E-state index contributed by atoms with van der Waals surface area (Å²) in [6, 6.07) is 16.1. The number of benzene rings is 2. The van der Waals surface area contributed by atoms with Crippen LogP contribution in [-0.4, -0.2) is 25.5 Å². The van der Waals surface area contributed by atoms with Crippen molar-refractivity contribution >= 4 is 27.5 Å². The van der Waals surface area contributed by atoms with Crippen LogP contribution in [0.1, 0.15) is 28.8 Å². The highest BCUT2D eigenvalue weighted by Gasteiger charge is 2.15. The second-order valence-corrected chi connectivity index (χ2v) is 6.75. The third-order valence-electron chi connectivity index (χ3n) is 4.20. The molecule has 1 N–H and O–H groups in total. The Labute approximate surface area is 145 Å². The minimum absolute atomic E-state index is 0.00320. The van der Waals surface area contributed by atoms with Gasteiger partial charge in [-0.1, -0.05) is 34.1 Å². The largest absolute Gasteiger partial charge is 0.371 e. The minimum Gasteiger partial charge on any atom is -0.371 e. The molecule has 0 unspecified atom stereocenters. The number of carbonyl (C=O) groups excluding carboxylic acids is 1. The molecule has 23 heavy (non-hydrogen) atoms. The molecule has 3 nitrogen and oxygen atoms in total. The summed E-state index contributed by atoms with van der Waals surface area (Å²) in [6.45, 7) is 2.79. The van der Waals surface area contributed by atoms with Crippen molar-refractivity contribution in [1.29, 1.82) is 0 Å². The molecule has 2 aromatic carbocycles. The Morgan fingerprint density at radius 2 is 1.91 bits per heavy atom. The summed E-state index contributed by atoms with van der Waals surface area (Å²) in [7, 11) is 0. The Bertz CT molecular complexity index is 669. The van der Waals surface area contributed by atoms with E-state index in [2.05, 4.69) is 50.4 Å². The van der Waals surface area contributed by atoms with Gasteiger partial charge in [-0.15, -0.1) is 0 Å². The number of nitrogens with one attached hydrogen (secondary N) is 1. The number of nitrogens with zero attached hydrogens (tertiary/aromatic N) is 1. The summed E-state index contributed by atoms with van der Waals surface area (Å²) < 4.78 is 0.984. The summed E-state index contributed by atoms with van der Waals surface area (Å²) >= 11 is 3.38. The average Bonchev–Trinajstić information content (AvgIpc) is 2.59. The van der Waals surface area contributed by atoms with Crippen molar-refractivity contribution in [1.82, 2.24) is 5.32 Å². The predicted molar refractivity (Wildman–Crippen MR) is 98.1 cm³/mol. The van der Waals surface area contributed by atoms with Crippen LogP contribution < -0.4 is 10.2 Å². The molecule has 4 heteroatoms. The van der Waals surface area contributed by atoms with Gasteiger partial charge in [0.25, 0.3) is 5.91 Å². The van der Waals surface area contributed by atoms with E-state index < -0.39 is 0 Å². The first kappa shape index (κ1) is 16.1. The van der Waals surface area contributed by atoms with Crippen LogP contribution in [0.3, 0.4) is 0 Å². The van der Waals surface area contributed by atoms with Gasteiger partial charge in [-0.05, 0) is 55.2 Å². The molecule has 1 aliphatic heterocycles. The lowest BCUT2D eigenvalue weighted by Crippen LogP contribution is -2.33. The van der Waals surface area contributed by atoms with Gasteiger partial charge in [-0.3, -0.25) is 4.79 Å². The van der Waals surface area contributed by atoms with Crippen LogP contribution in [0.4, 0.5) is 5.69 Å². The number of rotatable bonds is 5. The topological polar surface area (TPSA) is 32.3 Å². The van der Waals surface area contributed by atoms with Crippen molar-refractivity contribution in [2.24, 2.45) is 0 Å². The van der Waals surface area contributed by atoms with Gasteiger partial charge in [0.05, 0.1) is 0 Å². The number of aryl methyl sites for hydroxylation is 1. The highest BCUT2D eigenvalue weighted by atomic mass is 79.9. The Kier molecular flexibility index (Phi) is 5.34. The number of anilines is 1. The molecule has 120 valence electrons. The molecule has 0 atom stereocenters. The first-order valence-corrected chi connectivity index (χ1v) is 8.90. The molecule has 1 aliphatic rings. The van der Waals surface area contributed by atoms with E-state index in [1.807, 2.05) is 24.3 Å². The van der Waals surface area contributed by atoms with Gasteiger partial charge < -0.3 is 10.2 Å². The second-order valence-electron chi connectivity index (χ2n) is 5.84. The summed E-state index contributed by atoms with van der Waals surface area (Å²) in [5.74, 6) is -0.00320. The van der Waals surface area contributed by atoms with Crippen molar-refractivity contribution < 1.29 is 4.79 Å². The molecule has 0 aliphatic carbocycles. The Morgan fingerprint density at radius 3 is 2.74 bits per heavy atom. The molecule has 1 amide bonds. The van der Waals surface area contributed by atoms with Crippen LogP contribution in [-0.2, 0) is 6.42 Å². The maximum Gasteiger partial charge on any atom is 0.251 e. The van der Waals surface area contributed by atoms with Crippen LogP contribution in [0.5, 0.6) is 0 Å². The fraction of sp³-hybridized carbons (Fsp3) is 0.316. The Balaban J connectivity index is 1.47. The molecular weight excluding hydrogens is 352 g/mol. The van der Waals surface area contributed by atoms with Gasteiger partial charge >= 0.3 is 0 Å². The van der Waals surface area contributed by atoms with Crippen molar-refractivity contribution in [3.63, 3.8) is 0 Å². The van der Waals surface area contributed by atoms with Crippen LogP contribution >= 0.6 is 15.9 Å². The smallest absolute Gasteiger partial charge is 0.251 e. The molecule has 3 rings (SSSR count). The van der Waals surface area contributed by atoms with Crippen molar-refractivity contribution in [3.05, 3.63) is 64.1 Å². The molecule has 0 saturated carbocycles. The summed E-state index contributed by atoms with van der Waals surface area (Å²) in [4.78, 5) is 14.5. The van der Waals surface area contributed by atoms with E-state index in [4.69, 9.17) is 0 Å². The van der Waals surface area contributed by atoms with Crippen molar-refractivity contribution in [2.45, 2.75) is 19.3 Å². The van der Waals surface area contributed by atoms with Crippen LogP contribution in [0.2, 0.25) is 0 Å². The van der Waals surface area contributed by atoms with Crippen LogP contribution in [0.25, 0.3) is 0 Å². The molecule has 0 radical (unpaired) electrons. The SMILES string of the molecule is O=C(NCCCN1CCCc2ccccc21)c1ccc(Br)cc1. The Hall–Kier alpha value is -1.81. The molecule has 0 aromatic heterocycles. The van der Waals surface area contributed by atoms with E-state index in [-0.39, 0.29) is 5.91 Å². The second kappa shape index (κ2) is 7.64. The van der Waals surface area contributed by atoms with Gasteiger partial charge in [0, 0.05) is 35.4 Å². The molecule has 1 heterocycles. The normalized spacial score (nSPS) is 13.5. The molecule has 0 saturated heterocycles. The lowest BCUT2D eigenvalue weighted by Gasteiger charge is -2.31. The zero-order valence-electron chi connectivity index (χ0n) is 13.1. The highest BCUT2D eigenvalue weighted by Crippen LogP contribution is 2.26. The summed E-state index contributed by atoms with van der Waals surface area (Å²) in [5.41, 5.74) is 3.51. The third-order valence-corrected chi connectivity index (χ3v) is 4.73. The quantitative estimate of drug-likeness (QED) is 0.803. The Morgan fingerprint density at radius 1 is 1.13 bits per heavy atom. The maximum atomic E-state index is 12.1. The van der Waals surface area contributed by atoms with E-state index in [9.17, 15) is 4.79 Å². The van der Waals surface area contributed by atoms with E-state index in [0.29, 0.717) is 12.1 Å². The molecule has 2 aromatic rings.